The Balaban J connectivity index is 3.37. The van der Waals surface area contributed by atoms with Crippen LogP contribution in [-0.4, -0.2) is 48.3 Å². The Morgan fingerprint density at radius 1 is 1.30 bits per heavy atom. The van der Waals surface area contributed by atoms with Crippen LogP contribution in [0.1, 0.15) is 12.5 Å². The van der Waals surface area contributed by atoms with Gasteiger partial charge >= 0.3 is 5.97 Å². The molecule has 0 bridgehead atoms. The fourth-order valence-electron chi connectivity index (χ4n) is 1.90. The molecule has 0 heterocycles. The van der Waals surface area contributed by atoms with Crippen LogP contribution in [0.15, 0.2) is 22.7 Å². The van der Waals surface area contributed by atoms with E-state index in [1.54, 1.807) is 18.2 Å². The molecule has 1 aromatic carbocycles. The van der Waals surface area contributed by atoms with Gasteiger partial charge < -0.3 is 14.2 Å². The lowest BCUT2D eigenvalue weighted by Gasteiger charge is -2.28. The highest BCUT2D eigenvalue weighted by Crippen LogP contribution is 2.38. The summed E-state index contributed by atoms with van der Waals surface area (Å²) in [7, 11) is -1.05. The van der Waals surface area contributed by atoms with E-state index < -0.39 is 28.1 Å². The molecule has 0 spiro atoms. The van der Waals surface area contributed by atoms with E-state index in [1.807, 2.05) is 0 Å². The monoisotopic (exact) mass is 410 g/mol. The summed E-state index contributed by atoms with van der Waals surface area (Å²) in [6.45, 7) is 1.06. The predicted molar refractivity (Wildman–Crippen MR) is 86.8 cm³/mol. The average Bonchev–Trinajstić information content (AvgIpc) is 2.49. The van der Waals surface area contributed by atoms with Crippen LogP contribution in [0.4, 0.5) is 0 Å². The van der Waals surface area contributed by atoms with Crippen LogP contribution in [0.3, 0.4) is 0 Å². The number of hydrogen-bond donors (Lipinski definition) is 0. The zero-order chi connectivity index (χ0) is 17.7. The van der Waals surface area contributed by atoms with Gasteiger partial charge in [0.1, 0.15) is 11.2 Å². The predicted octanol–water partition coefficient (Wildman–Crippen LogP) is 1.84. The summed E-state index contributed by atoms with van der Waals surface area (Å²) in [4.78, 5) is 12.3. The first-order valence-electron chi connectivity index (χ1n) is 6.49. The third kappa shape index (κ3) is 5.17. The Morgan fingerprint density at radius 2 is 1.96 bits per heavy atom. The molecule has 23 heavy (non-hydrogen) atoms. The topological polar surface area (TPSA) is 88.1 Å². The number of methoxy groups -OCH3 is 2. The second-order valence-corrected chi connectivity index (χ2v) is 7.46. The van der Waals surface area contributed by atoms with Crippen LogP contribution in [-0.2, 0) is 34.0 Å². The summed E-state index contributed by atoms with van der Waals surface area (Å²) in [5, 5.41) is 0. The first kappa shape index (κ1) is 19.9. The number of carbonyl (C=O) groups excluding carboxylic acids is 1. The summed E-state index contributed by atoms with van der Waals surface area (Å²) < 4.78 is 43.3. The summed E-state index contributed by atoms with van der Waals surface area (Å²) in [5.74, 6) is -0.305. The maximum absolute atomic E-state index is 12.3. The standard InChI is InChI=1S/C14H19BrO7S/c1-14(13(16)20-3,8-22-23(4,17)18)10-6-5-7-11(15)12(10)21-9-19-2/h5-7H,8-9H2,1-4H3. The number of rotatable bonds is 8. The molecule has 0 saturated carbocycles. The minimum atomic E-state index is -3.73. The SMILES string of the molecule is COCOc1c(Br)cccc1C(C)(COS(C)(=O)=O)C(=O)OC. The van der Waals surface area contributed by atoms with E-state index in [2.05, 4.69) is 15.9 Å². The average molecular weight is 411 g/mol. The van der Waals surface area contributed by atoms with Gasteiger partial charge in [-0.25, -0.2) is 0 Å². The molecule has 7 nitrogen and oxygen atoms in total. The molecule has 0 N–H and O–H groups in total. The van der Waals surface area contributed by atoms with Crippen LogP contribution in [0, 0.1) is 0 Å². The second-order valence-electron chi connectivity index (χ2n) is 4.96. The van der Waals surface area contributed by atoms with Gasteiger partial charge in [-0.1, -0.05) is 12.1 Å². The number of halogens is 1. The molecular formula is C14H19BrO7S. The third-order valence-electron chi connectivity index (χ3n) is 3.08. The van der Waals surface area contributed by atoms with E-state index in [-0.39, 0.29) is 6.79 Å². The zero-order valence-corrected chi connectivity index (χ0v) is 15.7. The van der Waals surface area contributed by atoms with Crippen molar-refractivity contribution < 1.29 is 31.6 Å². The Labute approximate surface area is 144 Å². The lowest BCUT2D eigenvalue weighted by atomic mass is 9.82. The smallest absolute Gasteiger partial charge is 0.318 e. The van der Waals surface area contributed by atoms with E-state index in [0.717, 1.165) is 6.26 Å². The lowest BCUT2D eigenvalue weighted by Crippen LogP contribution is -2.39. The molecule has 0 aliphatic heterocycles. The molecule has 0 radical (unpaired) electrons. The van der Waals surface area contributed by atoms with Crippen molar-refractivity contribution in [2.75, 3.05) is 33.9 Å². The molecule has 0 aromatic heterocycles. The molecule has 0 aliphatic rings. The summed E-state index contributed by atoms with van der Waals surface area (Å²) in [5.41, 5.74) is -0.968. The van der Waals surface area contributed by atoms with Gasteiger partial charge in [0.05, 0.1) is 24.4 Å². The van der Waals surface area contributed by atoms with Crippen LogP contribution < -0.4 is 4.74 Å². The molecule has 1 unspecified atom stereocenters. The summed E-state index contributed by atoms with van der Waals surface area (Å²) in [6.07, 6.45) is 0.911. The maximum Gasteiger partial charge on any atom is 0.318 e. The van der Waals surface area contributed by atoms with Gasteiger partial charge in [0.15, 0.2) is 6.79 Å². The summed E-state index contributed by atoms with van der Waals surface area (Å²) in [6, 6.07) is 5.06. The highest BCUT2D eigenvalue weighted by atomic mass is 79.9. The van der Waals surface area contributed by atoms with E-state index >= 15 is 0 Å². The van der Waals surface area contributed by atoms with Crippen molar-refractivity contribution in [2.24, 2.45) is 0 Å². The van der Waals surface area contributed by atoms with E-state index in [9.17, 15) is 13.2 Å². The van der Waals surface area contributed by atoms with Crippen molar-refractivity contribution >= 4 is 32.0 Å². The molecule has 130 valence electrons. The molecule has 0 amide bonds. The normalized spacial score (nSPS) is 14.1. The van der Waals surface area contributed by atoms with Gasteiger partial charge in [0, 0.05) is 12.7 Å². The molecule has 1 aromatic rings. The number of para-hydroxylation sites is 1. The Morgan fingerprint density at radius 3 is 2.48 bits per heavy atom. The van der Waals surface area contributed by atoms with Crippen molar-refractivity contribution in [3.8, 4) is 5.75 Å². The second kappa shape index (κ2) is 8.09. The third-order valence-corrected chi connectivity index (χ3v) is 4.25. The molecular weight excluding hydrogens is 392 g/mol. The van der Waals surface area contributed by atoms with Gasteiger partial charge in [0.25, 0.3) is 10.1 Å². The molecule has 9 heteroatoms. The van der Waals surface area contributed by atoms with Gasteiger partial charge in [-0.3, -0.25) is 8.98 Å². The van der Waals surface area contributed by atoms with Crippen LogP contribution in [0.5, 0.6) is 5.75 Å². The highest BCUT2D eigenvalue weighted by Gasteiger charge is 2.41. The molecule has 0 saturated heterocycles. The zero-order valence-electron chi connectivity index (χ0n) is 13.3. The molecule has 1 rings (SSSR count). The van der Waals surface area contributed by atoms with Crippen LogP contribution in [0.25, 0.3) is 0 Å². The van der Waals surface area contributed by atoms with E-state index in [0.29, 0.717) is 15.8 Å². The quantitative estimate of drug-likeness (QED) is 0.366. The molecule has 1 atom stereocenters. The minimum Gasteiger partial charge on any atom is -0.468 e. The molecule has 0 fully saturated rings. The lowest BCUT2D eigenvalue weighted by molar-refractivity contribution is -0.148. The van der Waals surface area contributed by atoms with E-state index in [4.69, 9.17) is 18.4 Å². The fourth-order valence-corrected chi connectivity index (χ4v) is 2.84. The largest absolute Gasteiger partial charge is 0.468 e. The Hall–Kier alpha value is -1.16. The molecule has 0 aliphatic carbocycles. The van der Waals surface area contributed by atoms with Crippen molar-refractivity contribution in [3.63, 3.8) is 0 Å². The van der Waals surface area contributed by atoms with Gasteiger partial charge in [-0.15, -0.1) is 0 Å². The number of ether oxygens (including phenoxy) is 3. The van der Waals surface area contributed by atoms with Gasteiger partial charge in [-0.05, 0) is 28.9 Å². The van der Waals surface area contributed by atoms with Crippen LogP contribution in [0.2, 0.25) is 0 Å². The van der Waals surface area contributed by atoms with Crippen molar-refractivity contribution in [1.29, 1.82) is 0 Å². The fraction of sp³-hybridized carbons (Fsp3) is 0.500. The van der Waals surface area contributed by atoms with Gasteiger partial charge in [0.2, 0.25) is 0 Å². The minimum absolute atomic E-state index is 0.0419. The number of esters is 1. The van der Waals surface area contributed by atoms with Crippen molar-refractivity contribution in [2.45, 2.75) is 12.3 Å². The Bertz CT molecular complexity index is 659. The Kier molecular flexibility index (Phi) is 7.00. The van der Waals surface area contributed by atoms with Crippen LogP contribution >= 0.6 is 15.9 Å². The number of hydrogen-bond acceptors (Lipinski definition) is 7. The van der Waals surface area contributed by atoms with Gasteiger partial charge in [-0.2, -0.15) is 8.42 Å². The maximum atomic E-state index is 12.3. The first-order chi connectivity index (χ1) is 10.7. The highest BCUT2D eigenvalue weighted by molar-refractivity contribution is 9.10. The number of benzene rings is 1. The summed E-state index contributed by atoms with van der Waals surface area (Å²) >= 11 is 3.34. The van der Waals surface area contributed by atoms with Crippen molar-refractivity contribution in [1.82, 2.24) is 0 Å². The van der Waals surface area contributed by atoms with Crippen molar-refractivity contribution in [3.05, 3.63) is 28.2 Å². The van der Waals surface area contributed by atoms with E-state index in [1.165, 1.54) is 21.1 Å². The first-order valence-corrected chi connectivity index (χ1v) is 9.10. The number of carbonyl (C=O) groups is 1.